The van der Waals surface area contributed by atoms with Crippen LogP contribution in [0, 0.1) is 5.82 Å². The zero-order valence-corrected chi connectivity index (χ0v) is 9.15. The predicted octanol–water partition coefficient (Wildman–Crippen LogP) is 1.66. The van der Waals surface area contributed by atoms with Crippen molar-refractivity contribution in [2.45, 2.75) is 6.61 Å². The van der Waals surface area contributed by atoms with Crippen molar-refractivity contribution in [3.05, 3.63) is 40.4 Å². The van der Waals surface area contributed by atoms with Crippen LogP contribution in [0.1, 0.15) is 5.69 Å². The Morgan fingerprint density at radius 1 is 1.47 bits per heavy atom. The summed E-state index contributed by atoms with van der Waals surface area (Å²) >= 11 is 3.24. The maximum atomic E-state index is 13.4. The minimum Gasteiger partial charge on any atom is -0.390 e. The van der Waals surface area contributed by atoms with Crippen molar-refractivity contribution in [1.29, 1.82) is 0 Å². The van der Waals surface area contributed by atoms with Crippen LogP contribution in [-0.4, -0.2) is 20.1 Å². The highest BCUT2D eigenvalue weighted by atomic mass is 79.9. The minimum atomic E-state index is -0.396. The van der Waals surface area contributed by atoms with Crippen molar-refractivity contribution >= 4 is 15.9 Å². The molecule has 78 valence electrons. The van der Waals surface area contributed by atoms with E-state index in [9.17, 15) is 4.39 Å². The molecule has 15 heavy (non-hydrogen) atoms. The van der Waals surface area contributed by atoms with Gasteiger partial charge in [-0.2, -0.15) is 0 Å². The zero-order valence-electron chi connectivity index (χ0n) is 7.56. The number of hydrogen-bond acceptors (Lipinski definition) is 3. The summed E-state index contributed by atoms with van der Waals surface area (Å²) in [6, 6.07) is 4.52. The lowest BCUT2D eigenvalue weighted by Crippen LogP contribution is -1.98. The molecule has 1 N–H and O–H groups in total. The van der Waals surface area contributed by atoms with E-state index < -0.39 is 5.82 Å². The van der Waals surface area contributed by atoms with E-state index in [0.29, 0.717) is 5.69 Å². The van der Waals surface area contributed by atoms with Crippen LogP contribution < -0.4 is 0 Å². The van der Waals surface area contributed by atoms with Gasteiger partial charge in [-0.05, 0) is 18.2 Å². The number of hydrogen-bond donors (Lipinski definition) is 1. The first-order valence-electron chi connectivity index (χ1n) is 4.18. The minimum absolute atomic E-state index is 0.213. The fraction of sp³-hybridized carbons (Fsp3) is 0.111. The first-order chi connectivity index (χ1) is 7.20. The Kier molecular flexibility index (Phi) is 2.79. The average molecular weight is 272 g/mol. The lowest BCUT2D eigenvalue weighted by atomic mass is 10.3. The molecule has 0 aliphatic rings. The number of aliphatic hydroxyl groups is 1. The van der Waals surface area contributed by atoms with Crippen LogP contribution in [0.2, 0.25) is 0 Å². The zero-order chi connectivity index (χ0) is 10.8. The number of benzene rings is 1. The lowest BCUT2D eigenvalue weighted by molar-refractivity contribution is 0.276. The molecule has 0 amide bonds. The molecule has 2 rings (SSSR count). The molecule has 0 atom stereocenters. The van der Waals surface area contributed by atoms with Crippen molar-refractivity contribution in [2.75, 3.05) is 0 Å². The molecule has 1 aromatic carbocycles. The van der Waals surface area contributed by atoms with E-state index in [-0.39, 0.29) is 12.3 Å². The van der Waals surface area contributed by atoms with E-state index in [0.717, 1.165) is 4.47 Å². The van der Waals surface area contributed by atoms with Gasteiger partial charge in [-0.25, -0.2) is 9.07 Å². The molecular formula is C9H7BrFN3O. The molecule has 0 saturated carbocycles. The van der Waals surface area contributed by atoms with Gasteiger partial charge in [0.1, 0.15) is 17.2 Å². The first-order valence-corrected chi connectivity index (χ1v) is 4.97. The number of halogens is 2. The second-order valence-electron chi connectivity index (χ2n) is 2.91. The summed E-state index contributed by atoms with van der Waals surface area (Å²) in [6.45, 7) is -0.213. The molecule has 2 aromatic rings. The molecule has 4 nitrogen and oxygen atoms in total. The third-order valence-electron chi connectivity index (χ3n) is 1.86. The molecule has 0 aliphatic heterocycles. The molecule has 0 radical (unpaired) electrons. The maximum absolute atomic E-state index is 13.4. The van der Waals surface area contributed by atoms with Crippen molar-refractivity contribution in [1.82, 2.24) is 15.0 Å². The average Bonchev–Trinajstić information content (AvgIpc) is 2.70. The van der Waals surface area contributed by atoms with Crippen LogP contribution in [0.4, 0.5) is 4.39 Å². The molecular weight excluding hydrogens is 265 g/mol. The van der Waals surface area contributed by atoms with Gasteiger partial charge in [-0.15, -0.1) is 5.10 Å². The van der Waals surface area contributed by atoms with E-state index in [1.165, 1.54) is 16.9 Å². The van der Waals surface area contributed by atoms with Crippen molar-refractivity contribution in [3.63, 3.8) is 0 Å². The van der Waals surface area contributed by atoms with Gasteiger partial charge in [0.15, 0.2) is 0 Å². The summed E-state index contributed by atoms with van der Waals surface area (Å²) in [5.74, 6) is -0.396. The summed E-state index contributed by atoms with van der Waals surface area (Å²) in [5.41, 5.74) is 0.686. The number of aliphatic hydroxyl groups excluding tert-OH is 1. The summed E-state index contributed by atoms with van der Waals surface area (Å²) in [6.07, 6.45) is 1.48. The molecule has 1 aromatic heterocycles. The van der Waals surface area contributed by atoms with Gasteiger partial charge in [0.05, 0.1) is 12.8 Å². The van der Waals surface area contributed by atoms with Crippen LogP contribution in [-0.2, 0) is 6.61 Å². The molecule has 0 saturated heterocycles. The Morgan fingerprint density at radius 3 is 2.93 bits per heavy atom. The SMILES string of the molecule is OCc1cn(-c2cc(Br)ccc2F)nn1. The largest absolute Gasteiger partial charge is 0.390 e. The Bertz CT molecular complexity index is 486. The van der Waals surface area contributed by atoms with Gasteiger partial charge in [0.25, 0.3) is 0 Å². The van der Waals surface area contributed by atoms with Gasteiger partial charge in [-0.1, -0.05) is 21.1 Å². The smallest absolute Gasteiger partial charge is 0.148 e. The fourth-order valence-electron chi connectivity index (χ4n) is 1.15. The van der Waals surface area contributed by atoms with Gasteiger partial charge in [0, 0.05) is 4.47 Å². The molecule has 0 spiro atoms. The standard InChI is InChI=1S/C9H7BrFN3O/c10-6-1-2-8(11)9(3-6)14-4-7(5-15)12-13-14/h1-4,15H,5H2. The van der Waals surface area contributed by atoms with Gasteiger partial charge in [-0.3, -0.25) is 0 Å². The van der Waals surface area contributed by atoms with E-state index in [1.54, 1.807) is 12.1 Å². The molecule has 0 aliphatic carbocycles. The van der Waals surface area contributed by atoms with E-state index >= 15 is 0 Å². The predicted molar refractivity (Wildman–Crippen MR) is 54.9 cm³/mol. The fourth-order valence-corrected chi connectivity index (χ4v) is 1.50. The summed E-state index contributed by atoms with van der Waals surface area (Å²) in [7, 11) is 0. The van der Waals surface area contributed by atoms with Gasteiger partial charge in [0.2, 0.25) is 0 Å². The lowest BCUT2D eigenvalue weighted by Gasteiger charge is -2.01. The Morgan fingerprint density at radius 2 is 2.27 bits per heavy atom. The second-order valence-corrected chi connectivity index (χ2v) is 3.82. The van der Waals surface area contributed by atoms with Crippen LogP contribution in [0.25, 0.3) is 5.69 Å². The van der Waals surface area contributed by atoms with Crippen molar-refractivity contribution < 1.29 is 9.50 Å². The Balaban J connectivity index is 2.48. The highest BCUT2D eigenvalue weighted by Crippen LogP contribution is 2.18. The third-order valence-corrected chi connectivity index (χ3v) is 2.35. The highest BCUT2D eigenvalue weighted by Gasteiger charge is 2.07. The van der Waals surface area contributed by atoms with Crippen molar-refractivity contribution in [2.24, 2.45) is 0 Å². The summed E-state index contributed by atoms with van der Waals surface area (Å²) in [5, 5.41) is 16.2. The maximum Gasteiger partial charge on any atom is 0.148 e. The molecule has 6 heteroatoms. The van der Waals surface area contributed by atoms with Gasteiger partial charge >= 0.3 is 0 Å². The first kappa shape index (κ1) is 10.3. The topological polar surface area (TPSA) is 50.9 Å². The monoisotopic (exact) mass is 271 g/mol. The molecule has 0 unspecified atom stereocenters. The highest BCUT2D eigenvalue weighted by molar-refractivity contribution is 9.10. The van der Waals surface area contributed by atoms with E-state index in [1.807, 2.05) is 0 Å². The third kappa shape index (κ3) is 2.05. The Labute approximate surface area is 93.5 Å². The van der Waals surface area contributed by atoms with Gasteiger partial charge < -0.3 is 5.11 Å². The Hall–Kier alpha value is -1.27. The van der Waals surface area contributed by atoms with E-state index in [4.69, 9.17) is 5.11 Å². The quantitative estimate of drug-likeness (QED) is 0.904. The molecule has 0 bridgehead atoms. The normalized spacial score (nSPS) is 10.6. The summed E-state index contributed by atoms with van der Waals surface area (Å²) < 4.78 is 15.4. The van der Waals surface area contributed by atoms with Crippen LogP contribution in [0.15, 0.2) is 28.9 Å². The number of rotatable bonds is 2. The number of nitrogens with zero attached hydrogens (tertiary/aromatic N) is 3. The van der Waals surface area contributed by atoms with Crippen LogP contribution in [0.3, 0.4) is 0 Å². The molecule has 1 heterocycles. The van der Waals surface area contributed by atoms with Crippen molar-refractivity contribution in [3.8, 4) is 5.69 Å². The van der Waals surface area contributed by atoms with Crippen LogP contribution in [0.5, 0.6) is 0 Å². The molecule has 0 fully saturated rings. The number of aromatic nitrogens is 3. The second kappa shape index (κ2) is 4.08. The van der Waals surface area contributed by atoms with E-state index in [2.05, 4.69) is 26.2 Å². The summed E-state index contributed by atoms with van der Waals surface area (Å²) in [4.78, 5) is 0. The van der Waals surface area contributed by atoms with Crippen LogP contribution >= 0.6 is 15.9 Å².